The van der Waals surface area contributed by atoms with Crippen LogP contribution in [0.5, 0.6) is 0 Å². The summed E-state index contributed by atoms with van der Waals surface area (Å²) < 4.78 is 29.8. The normalized spacial score (nSPS) is 19.9. The van der Waals surface area contributed by atoms with Gasteiger partial charge in [0, 0.05) is 43.4 Å². The van der Waals surface area contributed by atoms with Gasteiger partial charge in [-0.1, -0.05) is 48.5 Å². The number of carbonyl (C=O) groups excluding carboxylic acids is 4. The Bertz CT molecular complexity index is 1960. The highest BCUT2D eigenvalue weighted by Crippen LogP contribution is 2.45. The van der Waals surface area contributed by atoms with E-state index in [1.165, 1.54) is 6.26 Å². The summed E-state index contributed by atoms with van der Waals surface area (Å²) >= 11 is 0. The molecule has 0 radical (unpaired) electrons. The van der Waals surface area contributed by atoms with Gasteiger partial charge >= 0.3 is 11.9 Å². The number of amides is 2. The van der Waals surface area contributed by atoms with E-state index in [1.54, 1.807) is 81.5 Å². The van der Waals surface area contributed by atoms with Gasteiger partial charge in [0.15, 0.2) is 5.79 Å². The van der Waals surface area contributed by atoms with E-state index >= 15 is 0 Å². The molecule has 57 heavy (non-hydrogen) atoms. The van der Waals surface area contributed by atoms with Gasteiger partial charge in [-0.25, -0.2) is 4.79 Å². The summed E-state index contributed by atoms with van der Waals surface area (Å²) in [6, 6.07) is 20.9. The highest BCUT2D eigenvalue weighted by atomic mass is 16.8. The Kier molecular flexibility index (Phi) is 13.2. The largest absolute Gasteiger partial charge is 0.499 e. The summed E-state index contributed by atoms with van der Waals surface area (Å²) in [4.78, 5) is 52.5. The molecular formula is C44H50N2O11. The molecule has 1 aliphatic heterocycles. The van der Waals surface area contributed by atoms with Crippen molar-refractivity contribution in [3.63, 3.8) is 0 Å². The van der Waals surface area contributed by atoms with Crippen molar-refractivity contribution in [2.24, 2.45) is 0 Å². The quantitative estimate of drug-likeness (QED) is 0.0980. The monoisotopic (exact) mass is 782 g/mol. The molecule has 0 aromatic heterocycles. The Labute approximate surface area is 332 Å². The molecule has 4 N–H and O–H groups in total. The third kappa shape index (κ3) is 11.0. The van der Waals surface area contributed by atoms with E-state index in [4.69, 9.17) is 28.8 Å². The van der Waals surface area contributed by atoms with Crippen LogP contribution in [0.4, 0.5) is 0 Å². The SMILES string of the molecule is CC(C)(C)OC(=O)CCC(CO)NC(=O)c1cccc(CNC(=O)C2=CC3OC4(Cc5ccccc5C4)OC3C(OC(=O)c3ccc(C=COCCO)cc3)C2)c1. The predicted molar refractivity (Wildman–Crippen MR) is 208 cm³/mol. The van der Waals surface area contributed by atoms with E-state index in [9.17, 15) is 24.3 Å². The molecule has 0 saturated carbocycles. The Hall–Kier alpha value is -5.34. The first-order chi connectivity index (χ1) is 27.3. The molecule has 302 valence electrons. The number of fused-ring (bicyclic) bond motifs is 2. The van der Waals surface area contributed by atoms with Crippen molar-refractivity contribution in [1.82, 2.24) is 10.6 Å². The van der Waals surface area contributed by atoms with Crippen molar-refractivity contribution in [2.75, 3.05) is 19.8 Å². The van der Waals surface area contributed by atoms with Crippen molar-refractivity contribution < 1.29 is 53.1 Å². The Balaban J connectivity index is 1.11. The van der Waals surface area contributed by atoms with Gasteiger partial charge < -0.3 is 44.5 Å². The van der Waals surface area contributed by atoms with Crippen LogP contribution in [0.15, 0.2) is 90.7 Å². The molecule has 6 rings (SSSR count). The maximum Gasteiger partial charge on any atom is 0.338 e. The van der Waals surface area contributed by atoms with Gasteiger partial charge in [0.2, 0.25) is 5.91 Å². The van der Waals surface area contributed by atoms with Crippen molar-refractivity contribution in [1.29, 1.82) is 0 Å². The number of esters is 2. The second-order valence-electron chi connectivity index (χ2n) is 15.4. The Morgan fingerprint density at radius 2 is 1.67 bits per heavy atom. The molecule has 3 aromatic rings. The topological polar surface area (TPSA) is 179 Å². The lowest BCUT2D eigenvalue weighted by Crippen LogP contribution is -2.43. The summed E-state index contributed by atoms with van der Waals surface area (Å²) in [6.45, 7) is 5.14. The van der Waals surface area contributed by atoms with Crippen molar-refractivity contribution in [3.05, 3.63) is 124 Å². The molecule has 1 fully saturated rings. The van der Waals surface area contributed by atoms with Crippen molar-refractivity contribution in [2.45, 2.75) is 95.2 Å². The van der Waals surface area contributed by atoms with E-state index in [2.05, 4.69) is 10.6 Å². The summed E-state index contributed by atoms with van der Waals surface area (Å²) in [5.74, 6) is -2.76. The van der Waals surface area contributed by atoms with E-state index in [-0.39, 0.29) is 51.5 Å². The zero-order chi connectivity index (χ0) is 40.6. The molecule has 13 nitrogen and oxygen atoms in total. The van der Waals surface area contributed by atoms with Gasteiger partial charge in [0.25, 0.3) is 5.91 Å². The molecule has 13 heteroatoms. The minimum atomic E-state index is -0.954. The number of ether oxygens (including phenoxy) is 5. The number of aliphatic hydroxyl groups is 2. The van der Waals surface area contributed by atoms with Gasteiger partial charge in [-0.05, 0) is 85.9 Å². The molecule has 0 bridgehead atoms. The van der Waals surface area contributed by atoms with Gasteiger partial charge in [0.1, 0.15) is 30.5 Å². The average Bonchev–Trinajstić information content (AvgIpc) is 3.74. The van der Waals surface area contributed by atoms with Crippen molar-refractivity contribution in [3.8, 4) is 0 Å². The lowest BCUT2D eigenvalue weighted by molar-refractivity contribution is -0.172. The maximum atomic E-state index is 13.7. The molecule has 3 aromatic carbocycles. The molecule has 4 unspecified atom stereocenters. The van der Waals surface area contributed by atoms with E-state index in [0.29, 0.717) is 35.1 Å². The Morgan fingerprint density at radius 3 is 2.35 bits per heavy atom. The maximum absolute atomic E-state index is 13.7. The molecule has 1 heterocycles. The molecule has 1 spiro atoms. The lowest BCUT2D eigenvalue weighted by Gasteiger charge is -2.30. The smallest absolute Gasteiger partial charge is 0.338 e. The first kappa shape index (κ1) is 41.3. The first-order valence-corrected chi connectivity index (χ1v) is 19.2. The number of aliphatic hydroxyl groups excluding tert-OH is 2. The summed E-state index contributed by atoms with van der Waals surface area (Å²) in [7, 11) is 0. The number of carbonyl (C=O) groups is 4. The van der Waals surface area contributed by atoms with Crippen LogP contribution in [-0.2, 0) is 52.7 Å². The molecule has 2 aliphatic carbocycles. The van der Waals surface area contributed by atoms with Crippen LogP contribution >= 0.6 is 0 Å². The van der Waals surface area contributed by atoms with Gasteiger partial charge in [0.05, 0.1) is 31.1 Å². The van der Waals surface area contributed by atoms with Crippen LogP contribution in [0.3, 0.4) is 0 Å². The number of hydrogen-bond acceptors (Lipinski definition) is 11. The van der Waals surface area contributed by atoms with Gasteiger partial charge in [-0.3, -0.25) is 14.4 Å². The average molecular weight is 783 g/mol. The van der Waals surface area contributed by atoms with Crippen LogP contribution in [0.1, 0.15) is 83.0 Å². The summed E-state index contributed by atoms with van der Waals surface area (Å²) in [6.07, 6.45) is 4.18. The second-order valence-corrected chi connectivity index (χ2v) is 15.4. The fraction of sp³-hybridized carbons (Fsp3) is 0.409. The molecule has 3 aliphatic rings. The zero-order valence-electron chi connectivity index (χ0n) is 32.4. The molecule has 4 atom stereocenters. The Morgan fingerprint density at radius 1 is 0.930 bits per heavy atom. The third-order valence-corrected chi connectivity index (χ3v) is 9.79. The van der Waals surface area contributed by atoms with Gasteiger partial charge in [-0.15, -0.1) is 0 Å². The number of nitrogens with one attached hydrogen (secondary N) is 2. The van der Waals surface area contributed by atoms with E-state index in [1.807, 2.05) is 24.3 Å². The number of hydrogen-bond donors (Lipinski definition) is 4. The minimum absolute atomic E-state index is 0.0343. The lowest BCUT2D eigenvalue weighted by atomic mass is 9.91. The van der Waals surface area contributed by atoms with Crippen molar-refractivity contribution >= 4 is 29.8 Å². The number of benzene rings is 3. The minimum Gasteiger partial charge on any atom is -0.499 e. The molecule has 1 saturated heterocycles. The predicted octanol–water partition coefficient (Wildman–Crippen LogP) is 4.33. The molecular weight excluding hydrogens is 732 g/mol. The number of rotatable bonds is 15. The highest BCUT2D eigenvalue weighted by molar-refractivity contribution is 5.95. The highest BCUT2D eigenvalue weighted by Gasteiger charge is 2.55. The summed E-state index contributed by atoms with van der Waals surface area (Å²) in [5.41, 5.74) is 4.06. The zero-order valence-corrected chi connectivity index (χ0v) is 32.4. The van der Waals surface area contributed by atoms with Crippen LogP contribution in [-0.4, -0.2) is 89.5 Å². The van der Waals surface area contributed by atoms with Crippen LogP contribution in [0.2, 0.25) is 0 Å². The summed E-state index contributed by atoms with van der Waals surface area (Å²) in [5, 5.41) is 24.4. The van der Waals surface area contributed by atoms with Crippen LogP contribution in [0, 0.1) is 0 Å². The van der Waals surface area contributed by atoms with Crippen LogP contribution < -0.4 is 10.6 Å². The van der Waals surface area contributed by atoms with E-state index in [0.717, 1.165) is 16.7 Å². The van der Waals surface area contributed by atoms with Crippen LogP contribution in [0.25, 0.3) is 6.08 Å². The second kappa shape index (κ2) is 18.3. The fourth-order valence-corrected chi connectivity index (χ4v) is 7.13. The molecule has 2 amide bonds. The van der Waals surface area contributed by atoms with E-state index < -0.39 is 53.6 Å². The fourth-order valence-electron chi connectivity index (χ4n) is 7.13. The third-order valence-electron chi connectivity index (χ3n) is 9.79. The van der Waals surface area contributed by atoms with Gasteiger partial charge in [-0.2, -0.15) is 0 Å². The standard InChI is InChI=1S/C44H50N2O11/c1-43(2,3)56-38(49)16-15-35(27-48)46-41(51)31-10-6-7-29(21-31)26-45-40(50)34-22-36(54-42(52)30-13-11-28(12-14-30)17-19-53-20-18-47)39-37(23-34)55-44(57-39)24-32-8-4-5-9-33(32)25-44/h4-14,17,19,21,23,35-37,39,47-48H,15-16,18,20,22,24-27H2,1-3H3,(H,45,50)(H,46,51). The first-order valence-electron chi connectivity index (χ1n) is 19.2.